The number of piperazine rings is 1. The second-order valence-corrected chi connectivity index (χ2v) is 4.78. The molecular weight excluding hydrogens is 212 g/mol. The topological polar surface area (TPSA) is 33.1 Å². The van der Waals surface area contributed by atoms with Gasteiger partial charge in [-0.3, -0.25) is 4.68 Å². The van der Waals surface area contributed by atoms with Crippen molar-refractivity contribution in [3.63, 3.8) is 0 Å². The fourth-order valence-electron chi connectivity index (χ4n) is 2.62. The van der Waals surface area contributed by atoms with Crippen molar-refractivity contribution in [3.8, 4) is 0 Å². The zero-order valence-electron chi connectivity index (χ0n) is 10.3. The largest absolute Gasteiger partial charge is 0.367 e. The SMILES string of the molecule is C[C@H]1CN(c2cccc3cnn(C)c23)CCN1. The molecule has 90 valence electrons. The highest BCUT2D eigenvalue weighted by molar-refractivity contribution is 5.91. The van der Waals surface area contributed by atoms with Crippen molar-refractivity contribution in [2.75, 3.05) is 24.5 Å². The van der Waals surface area contributed by atoms with Crippen molar-refractivity contribution in [1.82, 2.24) is 15.1 Å². The number of fused-ring (bicyclic) bond motifs is 1. The van der Waals surface area contributed by atoms with E-state index in [2.05, 4.69) is 40.4 Å². The van der Waals surface area contributed by atoms with Crippen LogP contribution in [0.1, 0.15) is 6.92 Å². The van der Waals surface area contributed by atoms with E-state index < -0.39 is 0 Å². The summed E-state index contributed by atoms with van der Waals surface area (Å²) < 4.78 is 1.97. The Balaban J connectivity index is 2.07. The average molecular weight is 230 g/mol. The number of hydrogen-bond acceptors (Lipinski definition) is 3. The van der Waals surface area contributed by atoms with Gasteiger partial charge in [-0.15, -0.1) is 0 Å². The van der Waals surface area contributed by atoms with Gasteiger partial charge in [0.05, 0.1) is 17.4 Å². The molecule has 2 heterocycles. The van der Waals surface area contributed by atoms with Gasteiger partial charge >= 0.3 is 0 Å². The van der Waals surface area contributed by atoms with Crippen molar-refractivity contribution in [2.45, 2.75) is 13.0 Å². The quantitative estimate of drug-likeness (QED) is 0.803. The molecule has 1 saturated heterocycles. The Labute approximate surface area is 101 Å². The van der Waals surface area contributed by atoms with Crippen LogP contribution in [0, 0.1) is 0 Å². The Morgan fingerprint density at radius 3 is 3.12 bits per heavy atom. The third-order valence-electron chi connectivity index (χ3n) is 3.45. The molecular formula is C13H18N4. The van der Waals surface area contributed by atoms with Crippen LogP contribution in [0.5, 0.6) is 0 Å². The molecule has 1 aliphatic heterocycles. The number of benzene rings is 1. The van der Waals surface area contributed by atoms with Gasteiger partial charge in [0.2, 0.25) is 0 Å². The monoisotopic (exact) mass is 230 g/mol. The molecule has 4 heteroatoms. The van der Waals surface area contributed by atoms with E-state index in [4.69, 9.17) is 0 Å². The molecule has 1 atom stereocenters. The molecule has 17 heavy (non-hydrogen) atoms. The number of anilines is 1. The molecule has 0 bridgehead atoms. The number of para-hydroxylation sites is 1. The zero-order chi connectivity index (χ0) is 11.8. The van der Waals surface area contributed by atoms with E-state index in [1.807, 2.05) is 17.9 Å². The minimum Gasteiger partial charge on any atom is -0.367 e. The Morgan fingerprint density at radius 1 is 1.41 bits per heavy atom. The molecule has 1 aromatic carbocycles. The molecule has 4 nitrogen and oxygen atoms in total. The summed E-state index contributed by atoms with van der Waals surface area (Å²) in [6.45, 7) is 5.41. The minimum absolute atomic E-state index is 0.548. The van der Waals surface area contributed by atoms with E-state index >= 15 is 0 Å². The van der Waals surface area contributed by atoms with Gasteiger partial charge < -0.3 is 10.2 Å². The van der Waals surface area contributed by atoms with Gasteiger partial charge in [-0.2, -0.15) is 5.10 Å². The number of aromatic nitrogens is 2. The van der Waals surface area contributed by atoms with Crippen LogP contribution in [0.2, 0.25) is 0 Å². The van der Waals surface area contributed by atoms with Gasteiger partial charge in [0.15, 0.2) is 0 Å². The molecule has 1 aliphatic rings. The summed E-state index contributed by atoms with van der Waals surface area (Å²) in [5.74, 6) is 0. The third kappa shape index (κ3) is 1.78. The first-order valence-corrected chi connectivity index (χ1v) is 6.15. The van der Waals surface area contributed by atoms with E-state index in [-0.39, 0.29) is 0 Å². The van der Waals surface area contributed by atoms with E-state index in [0.717, 1.165) is 19.6 Å². The molecule has 3 rings (SSSR count). The molecule has 0 aliphatic carbocycles. The summed E-state index contributed by atoms with van der Waals surface area (Å²) in [5, 5.41) is 9.04. The van der Waals surface area contributed by atoms with Crippen LogP contribution >= 0.6 is 0 Å². The zero-order valence-corrected chi connectivity index (χ0v) is 10.3. The first-order valence-electron chi connectivity index (χ1n) is 6.15. The van der Waals surface area contributed by atoms with E-state index in [0.29, 0.717) is 6.04 Å². The number of nitrogens with one attached hydrogen (secondary N) is 1. The fraction of sp³-hybridized carbons (Fsp3) is 0.462. The summed E-state index contributed by atoms with van der Waals surface area (Å²) in [4.78, 5) is 2.45. The normalized spacial score (nSPS) is 21.1. The van der Waals surface area contributed by atoms with E-state index in [1.165, 1.54) is 16.6 Å². The van der Waals surface area contributed by atoms with Gasteiger partial charge in [0.25, 0.3) is 0 Å². The maximum absolute atomic E-state index is 4.34. The van der Waals surface area contributed by atoms with Gasteiger partial charge in [-0.05, 0) is 13.0 Å². The molecule has 0 spiro atoms. The molecule has 0 amide bonds. The number of rotatable bonds is 1. The Bertz CT molecular complexity index is 531. The van der Waals surface area contributed by atoms with Crippen LogP contribution < -0.4 is 10.2 Å². The molecule has 0 unspecified atom stereocenters. The maximum Gasteiger partial charge on any atom is 0.0912 e. The van der Waals surface area contributed by atoms with Crippen molar-refractivity contribution in [3.05, 3.63) is 24.4 Å². The Hall–Kier alpha value is -1.55. The van der Waals surface area contributed by atoms with Crippen LogP contribution in [-0.2, 0) is 7.05 Å². The minimum atomic E-state index is 0.548. The lowest BCUT2D eigenvalue weighted by Gasteiger charge is -2.34. The lowest BCUT2D eigenvalue weighted by molar-refractivity contribution is 0.485. The first-order chi connectivity index (χ1) is 8.25. The number of aryl methyl sites for hydroxylation is 1. The van der Waals surface area contributed by atoms with E-state index in [9.17, 15) is 0 Å². The fourth-order valence-corrected chi connectivity index (χ4v) is 2.62. The molecule has 1 fully saturated rings. The lowest BCUT2D eigenvalue weighted by Crippen LogP contribution is -2.49. The predicted molar refractivity (Wildman–Crippen MR) is 70.4 cm³/mol. The molecule has 2 aromatic rings. The highest BCUT2D eigenvalue weighted by Gasteiger charge is 2.18. The Morgan fingerprint density at radius 2 is 2.29 bits per heavy atom. The Kier molecular flexibility index (Phi) is 2.52. The predicted octanol–water partition coefficient (Wildman–Crippen LogP) is 1.37. The van der Waals surface area contributed by atoms with Crippen LogP contribution in [-0.4, -0.2) is 35.5 Å². The van der Waals surface area contributed by atoms with Crippen molar-refractivity contribution >= 4 is 16.6 Å². The summed E-state index contributed by atoms with van der Waals surface area (Å²) in [5.41, 5.74) is 2.54. The highest BCUT2D eigenvalue weighted by Crippen LogP contribution is 2.26. The third-order valence-corrected chi connectivity index (χ3v) is 3.45. The summed E-state index contributed by atoms with van der Waals surface area (Å²) in [6.07, 6.45) is 1.93. The van der Waals surface area contributed by atoms with Gasteiger partial charge in [0, 0.05) is 38.1 Å². The first kappa shape index (κ1) is 10.6. The number of nitrogens with zero attached hydrogens (tertiary/aromatic N) is 3. The summed E-state index contributed by atoms with van der Waals surface area (Å²) >= 11 is 0. The molecule has 0 saturated carbocycles. The molecule has 0 radical (unpaired) electrons. The summed E-state index contributed by atoms with van der Waals surface area (Å²) in [6, 6.07) is 6.98. The second kappa shape index (κ2) is 4.04. The number of hydrogen-bond donors (Lipinski definition) is 1. The highest BCUT2D eigenvalue weighted by atomic mass is 15.3. The lowest BCUT2D eigenvalue weighted by atomic mass is 10.1. The average Bonchev–Trinajstić information content (AvgIpc) is 2.71. The van der Waals surface area contributed by atoms with Gasteiger partial charge in [-0.1, -0.05) is 12.1 Å². The van der Waals surface area contributed by atoms with Crippen molar-refractivity contribution < 1.29 is 0 Å². The van der Waals surface area contributed by atoms with Crippen LogP contribution in [0.25, 0.3) is 10.9 Å². The van der Waals surface area contributed by atoms with Gasteiger partial charge in [-0.25, -0.2) is 0 Å². The smallest absolute Gasteiger partial charge is 0.0912 e. The van der Waals surface area contributed by atoms with Crippen LogP contribution in [0.3, 0.4) is 0 Å². The molecule has 1 N–H and O–H groups in total. The van der Waals surface area contributed by atoms with Crippen molar-refractivity contribution in [2.24, 2.45) is 7.05 Å². The van der Waals surface area contributed by atoms with Crippen LogP contribution in [0.4, 0.5) is 5.69 Å². The van der Waals surface area contributed by atoms with Crippen LogP contribution in [0.15, 0.2) is 24.4 Å². The van der Waals surface area contributed by atoms with Crippen molar-refractivity contribution in [1.29, 1.82) is 0 Å². The van der Waals surface area contributed by atoms with Gasteiger partial charge in [0.1, 0.15) is 0 Å². The van der Waals surface area contributed by atoms with E-state index in [1.54, 1.807) is 0 Å². The molecule has 1 aromatic heterocycles. The standard InChI is InChI=1S/C13H18N4/c1-10-9-17(7-6-14-10)12-5-3-4-11-8-15-16(2)13(11)12/h3-5,8,10,14H,6-7,9H2,1-2H3/t10-/m0/s1. The summed E-state index contributed by atoms with van der Waals surface area (Å²) in [7, 11) is 2.01. The second-order valence-electron chi connectivity index (χ2n) is 4.78. The maximum atomic E-state index is 4.34.